The van der Waals surface area contributed by atoms with E-state index < -0.39 is 5.25 Å². The van der Waals surface area contributed by atoms with Crippen LogP contribution in [0.3, 0.4) is 0 Å². The molecule has 2 aromatic carbocycles. The number of nitrogens with one attached hydrogen (secondary N) is 1. The fourth-order valence-corrected chi connectivity index (χ4v) is 5.85. The molecule has 9 heteroatoms. The molecule has 0 spiro atoms. The van der Waals surface area contributed by atoms with Gasteiger partial charge in [-0.25, -0.2) is 4.98 Å². The molecule has 2 heterocycles. The summed E-state index contributed by atoms with van der Waals surface area (Å²) in [6, 6.07) is 12.9. The van der Waals surface area contributed by atoms with Gasteiger partial charge < -0.3 is 5.32 Å². The molecule has 1 amide bonds. The van der Waals surface area contributed by atoms with E-state index in [2.05, 4.69) is 11.9 Å². The van der Waals surface area contributed by atoms with Crippen molar-refractivity contribution in [3.05, 3.63) is 86.5 Å². The second kappa shape index (κ2) is 10.4. The zero-order valence-corrected chi connectivity index (χ0v) is 21.6. The molecule has 4 aromatic rings. The largest absolute Gasteiger partial charge is 0.325 e. The average molecular weight is 531 g/mol. The molecule has 0 fully saturated rings. The highest BCUT2D eigenvalue weighted by Crippen LogP contribution is 2.33. The molecule has 5 nitrogen and oxygen atoms in total. The Balaban J connectivity index is 1.67. The molecule has 0 aliphatic rings. The second-order valence-corrected chi connectivity index (χ2v) is 10.7. The first-order chi connectivity index (χ1) is 16.3. The van der Waals surface area contributed by atoms with E-state index in [1.165, 1.54) is 23.1 Å². The lowest BCUT2D eigenvalue weighted by atomic mass is 10.1. The number of aromatic nitrogens is 2. The Morgan fingerprint density at radius 3 is 2.56 bits per heavy atom. The van der Waals surface area contributed by atoms with Crippen molar-refractivity contribution in [1.29, 1.82) is 0 Å². The van der Waals surface area contributed by atoms with Crippen LogP contribution in [0.4, 0.5) is 5.69 Å². The Hall–Kier alpha value is -2.58. The molecule has 2 aromatic heterocycles. The van der Waals surface area contributed by atoms with Gasteiger partial charge >= 0.3 is 0 Å². The lowest BCUT2D eigenvalue weighted by Crippen LogP contribution is -2.26. The number of nitrogens with zero attached hydrogens (tertiary/aromatic N) is 2. The maximum atomic E-state index is 13.5. The van der Waals surface area contributed by atoms with Crippen LogP contribution in [0.25, 0.3) is 21.3 Å². The molecule has 0 saturated carbocycles. The Kier molecular flexibility index (Phi) is 7.48. The molecule has 34 heavy (non-hydrogen) atoms. The molecule has 0 aliphatic carbocycles. The van der Waals surface area contributed by atoms with Crippen molar-refractivity contribution in [3.63, 3.8) is 0 Å². The van der Waals surface area contributed by atoms with E-state index in [-0.39, 0.29) is 18.0 Å². The molecule has 1 atom stereocenters. The fraction of sp³-hybridized carbons (Fsp3) is 0.160. The molecule has 0 bridgehead atoms. The summed E-state index contributed by atoms with van der Waals surface area (Å²) in [6.07, 6.45) is 1.65. The number of halogens is 2. The van der Waals surface area contributed by atoms with Gasteiger partial charge in [0.05, 0.1) is 10.6 Å². The van der Waals surface area contributed by atoms with Crippen LogP contribution in [0.5, 0.6) is 0 Å². The number of benzene rings is 2. The molecule has 1 N–H and O–H groups in total. The van der Waals surface area contributed by atoms with E-state index in [9.17, 15) is 9.59 Å². The first-order valence-electron chi connectivity index (χ1n) is 10.4. The van der Waals surface area contributed by atoms with Gasteiger partial charge in [0.2, 0.25) is 5.91 Å². The number of rotatable bonds is 7. The van der Waals surface area contributed by atoms with E-state index >= 15 is 0 Å². The number of fused-ring (bicyclic) bond motifs is 1. The molecule has 174 valence electrons. The van der Waals surface area contributed by atoms with Crippen molar-refractivity contribution >= 4 is 68.1 Å². The highest BCUT2D eigenvalue weighted by atomic mass is 35.5. The Morgan fingerprint density at radius 1 is 1.24 bits per heavy atom. The van der Waals surface area contributed by atoms with Gasteiger partial charge in [-0.1, -0.05) is 70.9 Å². The van der Waals surface area contributed by atoms with Crippen molar-refractivity contribution < 1.29 is 4.79 Å². The SMILES string of the molecule is C=CCn1c(SC(C)C(=O)Nc2cc(Cl)cc(Cl)c2)nc2scc(-c3ccc(C)cc3)c2c1=O. The minimum atomic E-state index is -0.533. The van der Waals surface area contributed by atoms with Gasteiger partial charge in [0.25, 0.3) is 5.56 Å². The lowest BCUT2D eigenvalue weighted by molar-refractivity contribution is -0.115. The van der Waals surface area contributed by atoms with Crippen LogP contribution in [0.15, 0.2) is 70.5 Å². The highest BCUT2D eigenvalue weighted by Gasteiger charge is 2.22. The summed E-state index contributed by atoms with van der Waals surface area (Å²) in [5.41, 5.74) is 3.32. The van der Waals surface area contributed by atoms with E-state index in [0.717, 1.165) is 16.7 Å². The number of thiophene rings is 1. The number of hydrogen-bond acceptors (Lipinski definition) is 5. The summed E-state index contributed by atoms with van der Waals surface area (Å²) in [4.78, 5) is 31.7. The zero-order chi connectivity index (χ0) is 24.4. The molecule has 0 radical (unpaired) electrons. The first-order valence-corrected chi connectivity index (χ1v) is 12.9. The van der Waals surface area contributed by atoms with Crippen molar-refractivity contribution in [3.8, 4) is 11.1 Å². The van der Waals surface area contributed by atoms with E-state index in [1.54, 1.807) is 35.8 Å². The van der Waals surface area contributed by atoms with Crippen LogP contribution in [0.2, 0.25) is 10.0 Å². The standard InChI is InChI=1S/C25H21Cl2N3O2S2/c1-4-9-30-24(32)21-20(16-7-5-14(2)6-8-16)13-33-23(21)29-25(30)34-15(3)22(31)28-19-11-17(26)10-18(27)12-19/h4-8,10-13,15H,1,9H2,2-3H3,(H,28,31). The van der Waals surface area contributed by atoms with Gasteiger partial charge in [-0.3, -0.25) is 14.2 Å². The van der Waals surface area contributed by atoms with Crippen LogP contribution in [-0.4, -0.2) is 20.7 Å². The number of amides is 1. The molecular formula is C25H21Cl2N3O2S2. The van der Waals surface area contributed by atoms with Crippen molar-refractivity contribution in [2.45, 2.75) is 30.8 Å². The maximum Gasteiger partial charge on any atom is 0.263 e. The van der Waals surface area contributed by atoms with Gasteiger partial charge in [0, 0.05) is 33.2 Å². The van der Waals surface area contributed by atoms with Crippen molar-refractivity contribution in [2.75, 3.05) is 5.32 Å². The zero-order valence-electron chi connectivity index (χ0n) is 18.5. The minimum Gasteiger partial charge on any atom is -0.325 e. The smallest absolute Gasteiger partial charge is 0.263 e. The van der Waals surface area contributed by atoms with Gasteiger partial charge in [-0.2, -0.15) is 0 Å². The van der Waals surface area contributed by atoms with Crippen molar-refractivity contribution in [2.24, 2.45) is 0 Å². The molecule has 0 aliphatic heterocycles. The number of aryl methyl sites for hydroxylation is 1. The molecular weight excluding hydrogens is 509 g/mol. The summed E-state index contributed by atoms with van der Waals surface area (Å²) in [6.45, 7) is 7.85. The predicted octanol–water partition coefficient (Wildman–Crippen LogP) is 7.05. The predicted molar refractivity (Wildman–Crippen MR) is 145 cm³/mol. The van der Waals surface area contributed by atoms with Crippen molar-refractivity contribution in [1.82, 2.24) is 9.55 Å². The maximum absolute atomic E-state index is 13.5. The number of hydrogen-bond donors (Lipinski definition) is 1. The molecule has 1 unspecified atom stereocenters. The third-order valence-corrected chi connectivity index (χ3v) is 7.51. The number of carbonyl (C=O) groups is 1. The van der Waals surface area contributed by atoms with Crippen LogP contribution < -0.4 is 10.9 Å². The summed E-state index contributed by atoms with van der Waals surface area (Å²) < 4.78 is 1.56. The number of thioether (sulfide) groups is 1. The first kappa shape index (κ1) is 24.5. The third kappa shape index (κ3) is 5.23. The fourth-order valence-electron chi connectivity index (χ4n) is 3.41. The second-order valence-electron chi connectivity index (χ2n) is 7.70. The monoisotopic (exact) mass is 529 g/mol. The number of allylic oxidation sites excluding steroid dienone is 1. The summed E-state index contributed by atoms with van der Waals surface area (Å²) >= 11 is 14.7. The molecule has 0 saturated heterocycles. The Labute approximate surface area is 215 Å². The topological polar surface area (TPSA) is 64.0 Å². The normalized spacial score (nSPS) is 12.0. The Bertz CT molecular complexity index is 1430. The number of anilines is 1. The summed E-state index contributed by atoms with van der Waals surface area (Å²) in [5, 5.41) is 6.13. The van der Waals surface area contributed by atoms with Gasteiger partial charge in [0.15, 0.2) is 5.16 Å². The minimum absolute atomic E-state index is 0.154. The van der Waals surface area contributed by atoms with E-state index in [0.29, 0.717) is 31.1 Å². The third-order valence-electron chi connectivity index (χ3n) is 5.11. The van der Waals surface area contributed by atoms with Crippen LogP contribution >= 0.6 is 46.3 Å². The van der Waals surface area contributed by atoms with Crippen LogP contribution in [-0.2, 0) is 11.3 Å². The lowest BCUT2D eigenvalue weighted by Gasteiger charge is -2.15. The summed E-state index contributed by atoms with van der Waals surface area (Å²) in [7, 11) is 0. The average Bonchev–Trinajstić information content (AvgIpc) is 3.20. The van der Waals surface area contributed by atoms with E-state index in [4.69, 9.17) is 28.2 Å². The van der Waals surface area contributed by atoms with Gasteiger partial charge in [-0.05, 0) is 37.6 Å². The van der Waals surface area contributed by atoms with Crippen LogP contribution in [0, 0.1) is 6.92 Å². The van der Waals surface area contributed by atoms with Gasteiger partial charge in [-0.15, -0.1) is 17.9 Å². The van der Waals surface area contributed by atoms with Crippen LogP contribution in [0.1, 0.15) is 12.5 Å². The Morgan fingerprint density at radius 2 is 1.91 bits per heavy atom. The van der Waals surface area contributed by atoms with E-state index in [1.807, 2.05) is 36.6 Å². The highest BCUT2D eigenvalue weighted by molar-refractivity contribution is 8.00. The van der Waals surface area contributed by atoms with Gasteiger partial charge in [0.1, 0.15) is 4.83 Å². The number of carbonyl (C=O) groups excluding carboxylic acids is 1. The summed E-state index contributed by atoms with van der Waals surface area (Å²) in [5.74, 6) is -0.255. The molecule has 4 rings (SSSR count). The quantitative estimate of drug-likeness (QED) is 0.158.